The third-order valence-electron chi connectivity index (χ3n) is 3.12. The van der Waals surface area contributed by atoms with Crippen molar-refractivity contribution in [3.63, 3.8) is 0 Å². The van der Waals surface area contributed by atoms with Crippen molar-refractivity contribution in [2.75, 3.05) is 0 Å². The predicted molar refractivity (Wildman–Crippen MR) is 77.9 cm³/mol. The normalized spacial score (nSPS) is 11.9. The Morgan fingerprint density at radius 2 is 1.84 bits per heavy atom. The number of amides is 1. The zero-order valence-electron chi connectivity index (χ0n) is 11.4. The SMILES string of the molecule is Cc1cccc(CC(=O)NC(C)c2ccccc2)c1. The maximum atomic E-state index is 12.0. The predicted octanol–water partition coefficient (Wildman–Crippen LogP) is 3.41. The van der Waals surface area contributed by atoms with E-state index in [1.807, 2.05) is 68.4 Å². The summed E-state index contributed by atoms with van der Waals surface area (Å²) >= 11 is 0. The van der Waals surface area contributed by atoms with E-state index in [9.17, 15) is 4.79 Å². The van der Waals surface area contributed by atoms with Crippen LogP contribution in [0.2, 0.25) is 0 Å². The van der Waals surface area contributed by atoms with E-state index < -0.39 is 0 Å². The van der Waals surface area contributed by atoms with Gasteiger partial charge in [0.15, 0.2) is 0 Å². The topological polar surface area (TPSA) is 29.1 Å². The van der Waals surface area contributed by atoms with Gasteiger partial charge in [0.25, 0.3) is 0 Å². The molecule has 1 unspecified atom stereocenters. The zero-order valence-corrected chi connectivity index (χ0v) is 11.4. The van der Waals surface area contributed by atoms with E-state index >= 15 is 0 Å². The van der Waals surface area contributed by atoms with Crippen molar-refractivity contribution in [1.82, 2.24) is 5.32 Å². The largest absolute Gasteiger partial charge is 0.349 e. The van der Waals surface area contributed by atoms with Crippen LogP contribution in [0.4, 0.5) is 0 Å². The third kappa shape index (κ3) is 3.95. The Bertz CT molecular complexity index is 548. The Hall–Kier alpha value is -2.09. The minimum atomic E-state index is 0.0403. The summed E-state index contributed by atoms with van der Waals surface area (Å²) in [5.74, 6) is 0.0574. The van der Waals surface area contributed by atoms with Crippen LogP contribution in [0.25, 0.3) is 0 Å². The molecule has 0 radical (unpaired) electrons. The molecule has 1 N–H and O–H groups in total. The van der Waals surface area contributed by atoms with E-state index in [0.29, 0.717) is 6.42 Å². The first kappa shape index (κ1) is 13.3. The van der Waals surface area contributed by atoms with Gasteiger partial charge in [-0.2, -0.15) is 0 Å². The summed E-state index contributed by atoms with van der Waals surface area (Å²) in [5, 5.41) is 3.03. The van der Waals surface area contributed by atoms with Gasteiger partial charge < -0.3 is 5.32 Å². The maximum absolute atomic E-state index is 12.0. The van der Waals surface area contributed by atoms with E-state index in [-0.39, 0.29) is 11.9 Å². The van der Waals surface area contributed by atoms with Crippen LogP contribution >= 0.6 is 0 Å². The van der Waals surface area contributed by atoms with Crippen molar-refractivity contribution >= 4 is 5.91 Å². The molecule has 2 aromatic rings. The second-order valence-electron chi connectivity index (χ2n) is 4.87. The van der Waals surface area contributed by atoms with Gasteiger partial charge in [0.1, 0.15) is 0 Å². The number of carbonyl (C=O) groups excluding carboxylic acids is 1. The molecule has 19 heavy (non-hydrogen) atoms. The summed E-state index contributed by atoms with van der Waals surface area (Å²) in [6.07, 6.45) is 0.429. The molecule has 0 aromatic heterocycles. The van der Waals surface area contributed by atoms with Crippen LogP contribution in [0.5, 0.6) is 0 Å². The van der Waals surface area contributed by atoms with Crippen LogP contribution in [-0.2, 0) is 11.2 Å². The summed E-state index contributed by atoms with van der Waals surface area (Å²) in [5.41, 5.74) is 3.36. The fourth-order valence-electron chi connectivity index (χ4n) is 2.13. The standard InChI is InChI=1S/C17H19NO/c1-13-7-6-8-15(11-13)12-17(19)18-14(2)16-9-4-3-5-10-16/h3-11,14H,12H2,1-2H3,(H,18,19). The lowest BCUT2D eigenvalue weighted by Gasteiger charge is -2.14. The van der Waals surface area contributed by atoms with E-state index in [0.717, 1.165) is 11.1 Å². The Morgan fingerprint density at radius 1 is 1.11 bits per heavy atom. The van der Waals surface area contributed by atoms with Gasteiger partial charge in [-0.15, -0.1) is 0 Å². The molecule has 98 valence electrons. The van der Waals surface area contributed by atoms with Crippen molar-refractivity contribution in [3.8, 4) is 0 Å². The Morgan fingerprint density at radius 3 is 2.53 bits per heavy atom. The summed E-state index contributed by atoms with van der Waals surface area (Å²) in [6.45, 7) is 4.04. The highest BCUT2D eigenvalue weighted by atomic mass is 16.1. The number of rotatable bonds is 4. The zero-order chi connectivity index (χ0) is 13.7. The molecule has 1 atom stereocenters. The minimum Gasteiger partial charge on any atom is -0.349 e. The molecule has 0 spiro atoms. The van der Waals surface area contributed by atoms with Gasteiger partial charge in [0.05, 0.1) is 12.5 Å². The number of benzene rings is 2. The molecule has 2 aromatic carbocycles. The number of nitrogens with one attached hydrogen (secondary N) is 1. The van der Waals surface area contributed by atoms with Gasteiger partial charge in [0.2, 0.25) is 5.91 Å². The minimum absolute atomic E-state index is 0.0403. The summed E-state index contributed by atoms with van der Waals surface area (Å²) in [4.78, 5) is 12.0. The molecule has 0 saturated heterocycles. The van der Waals surface area contributed by atoms with Crippen molar-refractivity contribution in [2.45, 2.75) is 26.3 Å². The smallest absolute Gasteiger partial charge is 0.224 e. The van der Waals surface area contributed by atoms with E-state index in [1.54, 1.807) is 0 Å². The molecule has 0 aliphatic carbocycles. The Labute approximate surface area is 114 Å². The van der Waals surface area contributed by atoms with Crippen LogP contribution in [0.1, 0.15) is 29.7 Å². The first-order valence-electron chi connectivity index (χ1n) is 6.55. The molecule has 0 heterocycles. The van der Waals surface area contributed by atoms with Crippen molar-refractivity contribution < 1.29 is 4.79 Å². The molecule has 0 bridgehead atoms. The van der Waals surface area contributed by atoms with Crippen LogP contribution in [0.15, 0.2) is 54.6 Å². The highest BCUT2D eigenvalue weighted by Gasteiger charge is 2.09. The lowest BCUT2D eigenvalue weighted by Crippen LogP contribution is -2.28. The average Bonchev–Trinajstić information content (AvgIpc) is 2.39. The monoisotopic (exact) mass is 253 g/mol. The molecule has 2 rings (SSSR count). The number of aryl methyl sites for hydroxylation is 1. The van der Waals surface area contributed by atoms with Crippen LogP contribution in [-0.4, -0.2) is 5.91 Å². The third-order valence-corrected chi connectivity index (χ3v) is 3.12. The second-order valence-corrected chi connectivity index (χ2v) is 4.87. The van der Waals surface area contributed by atoms with Crippen molar-refractivity contribution in [2.24, 2.45) is 0 Å². The maximum Gasteiger partial charge on any atom is 0.224 e. The second kappa shape index (κ2) is 6.19. The molecule has 0 fully saturated rings. The summed E-state index contributed by atoms with van der Waals surface area (Å²) < 4.78 is 0. The molecule has 2 heteroatoms. The lowest BCUT2D eigenvalue weighted by atomic mass is 10.1. The molecule has 1 amide bonds. The highest BCUT2D eigenvalue weighted by molar-refractivity contribution is 5.79. The lowest BCUT2D eigenvalue weighted by molar-refractivity contribution is -0.121. The van der Waals surface area contributed by atoms with Crippen LogP contribution in [0, 0.1) is 6.92 Å². The van der Waals surface area contributed by atoms with Crippen LogP contribution < -0.4 is 5.32 Å². The Kier molecular flexibility index (Phi) is 4.35. The fraction of sp³-hybridized carbons (Fsp3) is 0.235. The van der Waals surface area contributed by atoms with Gasteiger partial charge in [-0.3, -0.25) is 4.79 Å². The molecular weight excluding hydrogens is 234 g/mol. The van der Waals surface area contributed by atoms with Crippen molar-refractivity contribution in [3.05, 3.63) is 71.3 Å². The molecule has 0 aliphatic heterocycles. The first-order chi connectivity index (χ1) is 9.15. The summed E-state index contributed by atoms with van der Waals surface area (Å²) in [6, 6.07) is 18.1. The molecular formula is C17H19NO. The van der Waals surface area contributed by atoms with Gasteiger partial charge in [-0.1, -0.05) is 60.2 Å². The van der Waals surface area contributed by atoms with Crippen molar-refractivity contribution in [1.29, 1.82) is 0 Å². The van der Waals surface area contributed by atoms with E-state index in [1.165, 1.54) is 5.56 Å². The van der Waals surface area contributed by atoms with Crippen LogP contribution in [0.3, 0.4) is 0 Å². The van der Waals surface area contributed by atoms with Gasteiger partial charge >= 0.3 is 0 Å². The van der Waals surface area contributed by atoms with E-state index in [2.05, 4.69) is 5.32 Å². The van der Waals surface area contributed by atoms with Gasteiger partial charge in [0, 0.05) is 0 Å². The molecule has 2 nitrogen and oxygen atoms in total. The number of hydrogen-bond acceptors (Lipinski definition) is 1. The average molecular weight is 253 g/mol. The van der Waals surface area contributed by atoms with Gasteiger partial charge in [-0.25, -0.2) is 0 Å². The first-order valence-corrected chi connectivity index (χ1v) is 6.55. The summed E-state index contributed by atoms with van der Waals surface area (Å²) in [7, 11) is 0. The van der Waals surface area contributed by atoms with E-state index in [4.69, 9.17) is 0 Å². The number of carbonyl (C=O) groups is 1. The highest BCUT2D eigenvalue weighted by Crippen LogP contribution is 2.12. The fourth-order valence-corrected chi connectivity index (χ4v) is 2.13. The van der Waals surface area contributed by atoms with Gasteiger partial charge in [-0.05, 0) is 25.0 Å². The molecule has 0 saturated carbocycles. The molecule has 0 aliphatic rings. The quantitative estimate of drug-likeness (QED) is 0.888. The number of hydrogen-bond donors (Lipinski definition) is 1. The Balaban J connectivity index is 1.95.